The number of nitrogens with zero attached hydrogens (tertiary/aromatic N) is 5. The second-order valence-electron chi connectivity index (χ2n) is 26.7. The maximum Gasteiger partial charge on any atom is 0.306 e. The molecule has 2 amide bonds. The second-order valence-corrected chi connectivity index (χ2v) is 28.1. The molecule has 2 heterocycles. The quantitative estimate of drug-likeness (QED) is 0.0371. The summed E-state index contributed by atoms with van der Waals surface area (Å²) in [6.45, 7) is 12.0. The number of hydrogen-bond donors (Lipinski definition) is 6. The van der Waals surface area contributed by atoms with Crippen molar-refractivity contribution < 1.29 is 53.5 Å². The molecule has 0 saturated heterocycles. The number of carbonyl (C=O) groups is 5. The molecule has 0 aliphatic heterocycles. The van der Waals surface area contributed by atoms with Crippen LogP contribution in [0.1, 0.15) is 148 Å². The molecule has 2 aromatic heterocycles. The van der Waals surface area contributed by atoms with Gasteiger partial charge in [-0.2, -0.15) is 15.5 Å². The molecular formula is C67H83N7O11S2. The first-order valence-corrected chi connectivity index (χ1v) is 32.4. The number of ether oxygens (including phenoxy) is 3. The van der Waals surface area contributed by atoms with E-state index in [0.29, 0.717) is 63.1 Å². The summed E-state index contributed by atoms with van der Waals surface area (Å²) in [6, 6.07) is 16.9. The van der Waals surface area contributed by atoms with Crippen molar-refractivity contribution >= 4 is 64.6 Å². The van der Waals surface area contributed by atoms with E-state index < -0.39 is 45.3 Å². The minimum atomic E-state index is -1.49. The highest BCUT2D eigenvalue weighted by atomic mass is 32.2. The van der Waals surface area contributed by atoms with Crippen LogP contribution in [0.5, 0.6) is 0 Å². The highest BCUT2D eigenvalue weighted by Gasteiger charge is 2.71. The van der Waals surface area contributed by atoms with Crippen LogP contribution in [0.15, 0.2) is 72.1 Å². The first-order chi connectivity index (χ1) is 41.6. The molecule has 8 aliphatic carbocycles. The van der Waals surface area contributed by atoms with Crippen molar-refractivity contribution in [1.29, 1.82) is 5.26 Å². The minimum Gasteiger partial charge on any atom is -0.449 e. The van der Waals surface area contributed by atoms with Gasteiger partial charge in [0.1, 0.15) is 5.60 Å². The number of thiol groups is 1. The Bertz CT molecular complexity index is 3480. The molecule has 2 aromatic carbocycles. The predicted molar refractivity (Wildman–Crippen MR) is 332 cm³/mol. The lowest BCUT2D eigenvalue weighted by Gasteiger charge is -2.60. The zero-order valence-corrected chi connectivity index (χ0v) is 52.7. The van der Waals surface area contributed by atoms with E-state index in [9.17, 15) is 44.6 Å². The van der Waals surface area contributed by atoms with Crippen LogP contribution in [0.25, 0.3) is 23.5 Å². The fourth-order valence-electron chi connectivity index (χ4n) is 18.4. The predicted octanol–water partition coefficient (Wildman–Crippen LogP) is 8.47. The zero-order chi connectivity index (χ0) is 62.0. The number of aliphatic hydroxyl groups excluding tert-OH is 2. The smallest absolute Gasteiger partial charge is 0.306 e. The molecule has 0 bridgehead atoms. The van der Waals surface area contributed by atoms with Crippen molar-refractivity contribution in [1.82, 2.24) is 30.2 Å². The fourth-order valence-corrected chi connectivity index (χ4v) is 19.6. The van der Waals surface area contributed by atoms with Gasteiger partial charge in [-0.1, -0.05) is 69.7 Å². The van der Waals surface area contributed by atoms with E-state index in [2.05, 4.69) is 49.3 Å². The Balaban J connectivity index is 0.000000182. The van der Waals surface area contributed by atoms with Gasteiger partial charge in [-0.25, -0.2) is 9.36 Å². The molecule has 0 spiro atoms. The molecule has 12 rings (SSSR count). The minimum absolute atomic E-state index is 0.00622. The number of aliphatic hydroxyl groups is 3. The summed E-state index contributed by atoms with van der Waals surface area (Å²) in [5.74, 6) is -0.116. The van der Waals surface area contributed by atoms with Gasteiger partial charge in [0.15, 0.2) is 5.60 Å². The molecule has 14 atom stereocenters. The number of thioether (sulfide) groups is 1. The third kappa shape index (κ3) is 10.4. The molecular weight excluding hydrogens is 1140 g/mol. The number of aromatic nitrogens is 4. The summed E-state index contributed by atoms with van der Waals surface area (Å²) in [4.78, 5) is 64.3. The monoisotopic (exact) mass is 1230 g/mol. The molecule has 18 nitrogen and oxygen atoms in total. The van der Waals surface area contributed by atoms with Gasteiger partial charge in [0.05, 0.1) is 72.4 Å². The van der Waals surface area contributed by atoms with Gasteiger partial charge in [0, 0.05) is 55.7 Å². The molecule has 4 aromatic rings. The number of nitriles is 1. The van der Waals surface area contributed by atoms with Gasteiger partial charge in [0.2, 0.25) is 10.2 Å². The summed E-state index contributed by atoms with van der Waals surface area (Å²) in [6.07, 6.45) is 15.2. The van der Waals surface area contributed by atoms with Crippen molar-refractivity contribution in [2.24, 2.45) is 57.2 Å². The molecule has 87 heavy (non-hydrogen) atoms. The first-order valence-electron chi connectivity index (χ1n) is 30.9. The number of allylic oxidation sites excluding steroid dienone is 2. The van der Waals surface area contributed by atoms with E-state index in [4.69, 9.17) is 24.4 Å². The van der Waals surface area contributed by atoms with Crippen LogP contribution in [-0.2, 0) is 41.4 Å². The molecule has 20 heteroatoms. The lowest BCUT2D eigenvalue weighted by molar-refractivity contribution is -0.196. The van der Waals surface area contributed by atoms with Crippen LogP contribution in [0, 0.1) is 68.5 Å². The van der Waals surface area contributed by atoms with E-state index in [1.54, 1.807) is 33.3 Å². The van der Waals surface area contributed by atoms with Crippen molar-refractivity contribution in [2.45, 2.75) is 141 Å². The van der Waals surface area contributed by atoms with Gasteiger partial charge in [-0.3, -0.25) is 24.0 Å². The topological polar surface area (TPSA) is 257 Å². The normalized spacial score (nSPS) is 34.0. The zero-order valence-electron chi connectivity index (χ0n) is 51.0. The Morgan fingerprint density at radius 3 is 1.69 bits per heavy atom. The van der Waals surface area contributed by atoms with Gasteiger partial charge < -0.3 is 40.2 Å². The second kappa shape index (κ2) is 24.1. The number of benzene rings is 2. The number of hydrogen-bond acceptors (Lipinski definition) is 15. The van der Waals surface area contributed by atoms with E-state index in [-0.39, 0.29) is 75.4 Å². The SMILES string of the molecule is CCC(=O)O[C@]1(C(=O)SCC#N)CC[C@H]2[C@@H]3CCC4=Cc5c(cnn5-c5cccc(C(=O)NCCOC)c5)C[C@]4(C)[C@H]3[C@@H](O)C[C@@]21C.COCCNC(=O)c1cccc(-n2ncc3c2C=C2CC[C@@H]4[C@H]([C@@H](O)C[C@@]5(C)[C@H]4CC[C@]5(O)C(=O)S)[C@@]2(C)C3)c1. The number of rotatable bonds is 15. The van der Waals surface area contributed by atoms with E-state index in [1.807, 2.05) is 78.1 Å². The summed E-state index contributed by atoms with van der Waals surface area (Å²) in [5, 5.41) is 58.9. The van der Waals surface area contributed by atoms with Crippen LogP contribution in [0.4, 0.5) is 0 Å². The van der Waals surface area contributed by atoms with E-state index in [0.717, 1.165) is 97.0 Å². The van der Waals surface area contributed by atoms with Crippen LogP contribution in [0.3, 0.4) is 0 Å². The molecule has 0 unspecified atom stereocenters. The summed E-state index contributed by atoms with van der Waals surface area (Å²) < 4.78 is 20.0. The maximum atomic E-state index is 13.8. The standard InChI is InChI=1S/C36H44N4O6S.C31H39N3O5S/c1-5-30(42)46-36(33(44)47-16-13-37)12-11-27-26-10-9-24-18-28-23(19-34(24,2)31(26)29(41)20-35(27,36)3)21-39-40(28)25-8-6-7-22(17-25)32(43)38-14-15-45-4;1-29-15-19-17-33-34(21-6-4-5-18(13-21)27(36)32-11-12-39-3)24(19)14-20(29)7-8-22-23-9-10-31(38,28(37)40)30(23,2)16-25(35)26(22)29/h6-8,17-18,21,26-27,29,31,41H,5,9-12,14-16,19-20H2,1-4H3,(H,38,43);4-6,13-14,17,22-23,25-26,35,38H,7-12,15-16H2,1-3H3,(H,32,36)(H,37,40)/t26-,27-,29-,31+,34-,35-,36-;22-,23-,25-,26+,29-,30-,31-/m00/s1. The van der Waals surface area contributed by atoms with Crippen molar-refractivity contribution in [3.05, 3.63) is 106 Å². The van der Waals surface area contributed by atoms with Gasteiger partial charge in [-0.05, 0) is 183 Å². The van der Waals surface area contributed by atoms with E-state index >= 15 is 0 Å². The first kappa shape index (κ1) is 62.7. The Labute approximate surface area is 519 Å². The Morgan fingerprint density at radius 1 is 0.736 bits per heavy atom. The largest absolute Gasteiger partial charge is 0.449 e. The lowest BCUT2D eigenvalue weighted by atomic mass is 9.45. The third-order valence-corrected chi connectivity index (χ3v) is 23.8. The highest BCUT2D eigenvalue weighted by Crippen LogP contribution is 2.70. The lowest BCUT2D eigenvalue weighted by Crippen LogP contribution is -2.62. The summed E-state index contributed by atoms with van der Waals surface area (Å²) in [7, 11) is 3.20. The van der Waals surface area contributed by atoms with Crippen LogP contribution < -0.4 is 10.6 Å². The number of carbonyl (C=O) groups excluding carboxylic acids is 5. The Hall–Kier alpha value is -5.92. The van der Waals surface area contributed by atoms with Crippen LogP contribution >= 0.6 is 24.4 Å². The number of fused-ring (bicyclic) bond motifs is 12. The molecule has 0 radical (unpaired) electrons. The maximum absolute atomic E-state index is 13.8. The van der Waals surface area contributed by atoms with Gasteiger partial charge in [-0.15, -0.1) is 12.6 Å². The highest BCUT2D eigenvalue weighted by molar-refractivity contribution is 8.14. The molecule has 6 saturated carbocycles. The number of esters is 1. The molecule has 8 aliphatic rings. The average Bonchev–Trinajstić information content (AvgIpc) is 1.66. The molecule has 5 N–H and O–H groups in total. The average molecular weight is 1230 g/mol. The van der Waals surface area contributed by atoms with Crippen LogP contribution in [0.2, 0.25) is 0 Å². The van der Waals surface area contributed by atoms with Crippen LogP contribution in [-0.4, -0.2) is 133 Å². The van der Waals surface area contributed by atoms with Crippen molar-refractivity contribution in [3.63, 3.8) is 0 Å². The number of methoxy groups -OCH3 is 2. The fraction of sp³-hybridized carbons (Fsp3) is 0.582. The third-order valence-electron chi connectivity index (χ3n) is 22.5. The Morgan fingerprint density at radius 2 is 1.22 bits per heavy atom. The van der Waals surface area contributed by atoms with E-state index in [1.165, 1.54) is 11.1 Å². The molecule has 6 fully saturated rings. The Kier molecular flexibility index (Phi) is 17.4. The number of nitrogens with one attached hydrogen (secondary N) is 2. The summed E-state index contributed by atoms with van der Waals surface area (Å²) >= 11 is 4.99. The molecule has 464 valence electrons. The van der Waals surface area contributed by atoms with Gasteiger partial charge in [0.25, 0.3) is 11.8 Å². The number of amides is 2. The van der Waals surface area contributed by atoms with Crippen molar-refractivity contribution in [3.8, 4) is 17.4 Å². The van der Waals surface area contributed by atoms with Crippen molar-refractivity contribution in [2.75, 3.05) is 46.3 Å². The van der Waals surface area contributed by atoms with Gasteiger partial charge >= 0.3 is 5.97 Å². The summed E-state index contributed by atoms with van der Waals surface area (Å²) in [5.41, 5.74) is 4.78.